The van der Waals surface area contributed by atoms with Crippen molar-refractivity contribution in [3.8, 4) is 5.88 Å². The molecule has 2 atom stereocenters. The van der Waals surface area contributed by atoms with Crippen molar-refractivity contribution in [2.45, 2.75) is 18.9 Å². The first kappa shape index (κ1) is 17.3. The van der Waals surface area contributed by atoms with Crippen LogP contribution in [0.2, 0.25) is 0 Å². The summed E-state index contributed by atoms with van der Waals surface area (Å²) < 4.78 is 10.7. The van der Waals surface area contributed by atoms with Crippen LogP contribution in [0.1, 0.15) is 23.7 Å². The predicted molar refractivity (Wildman–Crippen MR) is 99.6 cm³/mol. The fourth-order valence-electron chi connectivity index (χ4n) is 3.14. The Labute approximate surface area is 156 Å². The molecule has 4 rings (SSSR count). The molecule has 27 heavy (non-hydrogen) atoms. The van der Waals surface area contributed by atoms with E-state index in [1.807, 2.05) is 37.2 Å². The van der Waals surface area contributed by atoms with Gasteiger partial charge >= 0.3 is 0 Å². The van der Waals surface area contributed by atoms with Crippen LogP contribution in [0.25, 0.3) is 0 Å². The van der Waals surface area contributed by atoms with Gasteiger partial charge in [-0.25, -0.2) is 4.68 Å². The molecule has 3 aromatic rings. The van der Waals surface area contributed by atoms with Crippen LogP contribution in [-0.2, 0) is 27.7 Å². The van der Waals surface area contributed by atoms with Gasteiger partial charge in [0.15, 0.2) is 0 Å². The Kier molecular flexibility index (Phi) is 4.43. The van der Waals surface area contributed by atoms with E-state index < -0.39 is 0 Å². The highest BCUT2D eigenvalue weighted by atomic mass is 16.5. The molecule has 0 aromatic carbocycles. The Morgan fingerprint density at radius 3 is 2.63 bits per heavy atom. The number of aromatic nitrogens is 6. The summed E-state index contributed by atoms with van der Waals surface area (Å²) in [5, 5.41) is 16.1. The van der Waals surface area contributed by atoms with Gasteiger partial charge in [-0.15, -0.1) is 5.10 Å². The van der Waals surface area contributed by atoms with Gasteiger partial charge < -0.3 is 10.1 Å². The van der Waals surface area contributed by atoms with E-state index in [0.29, 0.717) is 36.6 Å². The van der Waals surface area contributed by atoms with E-state index in [2.05, 4.69) is 26.7 Å². The van der Waals surface area contributed by atoms with Crippen LogP contribution in [0.15, 0.2) is 35.4 Å². The second-order valence-electron chi connectivity index (χ2n) is 6.99. The van der Waals surface area contributed by atoms with Crippen molar-refractivity contribution < 1.29 is 4.74 Å². The first-order valence-electron chi connectivity index (χ1n) is 8.92. The van der Waals surface area contributed by atoms with Crippen molar-refractivity contribution in [1.82, 2.24) is 29.3 Å². The minimum atomic E-state index is -0.198. The molecule has 1 fully saturated rings. The molecule has 9 nitrogen and oxygen atoms in total. The lowest BCUT2D eigenvalue weighted by molar-refractivity contribution is 0.278. The maximum absolute atomic E-state index is 12.3. The SMILES string of the molecule is Cn1ccc(CNc2cc(OC[C@H]3C[C@@H]3c3ccn(C)n3)nn(C)c2=O)n1. The molecule has 1 aliphatic rings. The molecule has 0 radical (unpaired) electrons. The van der Waals surface area contributed by atoms with Crippen molar-refractivity contribution in [2.24, 2.45) is 27.1 Å². The van der Waals surface area contributed by atoms with Crippen molar-refractivity contribution in [2.75, 3.05) is 11.9 Å². The Bertz CT molecular complexity index is 1000. The summed E-state index contributed by atoms with van der Waals surface area (Å²) in [7, 11) is 5.40. The van der Waals surface area contributed by atoms with Crippen LogP contribution >= 0.6 is 0 Å². The Morgan fingerprint density at radius 2 is 1.93 bits per heavy atom. The van der Waals surface area contributed by atoms with Crippen LogP contribution in [0.3, 0.4) is 0 Å². The summed E-state index contributed by atoms with van der Waals surface area (Å²) in [6.45, 7) is 1.02. The van der Waals surface area contributed by atoms with Gasteiger partial charge in [-0.05, 0) is 18.6 Å². The second kappa shape index (κ2) is 6.90. The number of hydrogen-bond donors (Lipinski definition) is 1. The molecule has 3 heterocycles. The normalized spacial score (nSPS) is 18.5. The summed E-state index contributed by atoms with van der Waals surface area (Å²) in [6.07, 6.45) is 4.89. The van der Waals surface area contributed by atoms with Crippen LogP contribution in [0.4, 0.5) is 5.69 Å². The minimum Gasteiger partial charge on any atom is -0.476 e. The van der Waals surface area contributed by atoms with Gasteiger partial charge in [0, 0.05) is 51.4 Å². The molecule has 3 aromatic heterocycles. The van der Waals surface area contributed by atoms with Crippen LogP contribution < -0.4 is 15.6 Å². The molecule has 0 unspecified atom stereocenters. The van der Waals surface area contributed by atoms with E-state index in [1.54, 1.807) is 17.8 Å². The van der Waals surface area contributed by atoms with E-state index in [4.69, 9.17) is 4.74 Å². The third-order valence-corrected chi connectivity index (χ3v) is 4.75. The number of ether oxygens (including phenoxy) is 1. The Hall–Kier alpha value is -3.10. The number of aryl methyl sites for hydroxylation is 3. The van der Waals surface area contributed by atoms with Crippen LogP contribution in [0, 0.1) is 5.92 Å². The fourth-order valence-corrected chi connectivity index (χ4v) is 3.14. The predicted octanol–water partition coefficient (Wildman–Crippen LogP) is 1.04. The molecule has 142 valence electrons. The van der Waals surface area contributed by atoms with Gasteiger partial charge in [0.2, 0.25) is 5.88 Å². The fraction of sp³-hybridized carbons (Fsp3) is 0.444. The van der Waals surface area contributed by atoms with E-state index >= 15 is 0 Å². The van der Waals surface area contributed by atoms with E-state index in [0.717, 1.165) is 17.8 Å². The maximum atomic E-state index is 12.3. The monoisotopic (exact) mass is 369 g/mol. The topological polar surface area (TPSA) is 91.8 Å². The number of hydrogen-bond acceptors (Lipinski definition) is 6. The third-order valence-electron chi connectivity index (χ3n) is 4.75. The second-order valence-corrected chi connectivity index (χ2v) is 6.99. The molecule has 1 saturated carbocycles. The molecule has 9 heteroatoms. The Balaban J connectivity index is 1.38. The van der Waals surface area contributed by atoms with Gasteiger partial charge in [0.25, 0.3) is 5.56 Å². The van der Waals surface area contributed by atoms with Gasteiger partial charge in [-0.3, -0.25) is 14.2 Å². The van der Waals surface area contributed by atoms with Gasteiger partial charge in [-0.1, -0.05) is 0 Å². The first-order valence-corrected chi connectivity index (χ1v) is 8.92. The lowest BCUT2D eigenvalue weighted by Gasteiger charge is -2.10. The lowest BCUT2D eigenvalue weighted by atomic mass is 10.2. The Morgan fingerprint density at radius 1 is 1.15 bits per heavy atom. The van der Waals surface area contributed by atoms with E-state index in [1.165, 1.54) is 4.68 Å². The van der Waals surface area contributed by atoms with Gasteiger partial charge in [0.1, 0.15) is 5.69 Å². The molecule has 0 spiro atoms. The molecule has 1 aliphatic carbocycles. The summed E-state index contributed by atoms with van der Waals surface area (Å²) in [4.78, 5) is 12.3. The zero-order valence-electron chi connectivity index (χ0n) is 15.7. The molecule has 0 saturated heterocycles. The van der Waals surface area contributed by atoms with Gasteiger partial charge in [0.05, 0.1) is 24.5 Å². The number of nitrogens with one attached hydrogen (secondary N) is 1. The van der Waals surface area contributed by atoms with Crippen molar-refractivity contribution >= 4 is 5.69 Å². The van der Waals surface area contributed by atoms with Crippen LogP contribution in [-0.4, -0.2) is 35.9 Å². The van der Waals surface area contributed by atoms with Crippen LogP contribution in [0.5, 0.6) is 5.88 Å². The number of anilines is 1. The van der Waals surface area contributed by atoms with Crippen molar-refractivity contribution in [1.29, 1.82) is 0 Å². The van der Waals surface area contributed by atoms with Gasteiger partial charge in [-0.2, -0.15) is 10.2 Å². The zero-order valence-corrected chi connectivity index (χ0v) is 15.7. The highest BCUT2D eigenvalue weighted by Crippen LogP contribution is 2.46. The van der Waals surface area contributed by atoms with E-state index in [-0.39, 0.29) is 5.56 Å². The van der Waals surface area contributed by atoms with Crippen molar-refractivity contribution in [3.05, 3.63) is 52.3 Å². The highest BCUT2D eigenvalue weighted by molar-refractivity contribution is 5.43. The summed E-state index contributed by atoms with van der Waals surface area (Å²) >= 11 is 0. The molecule has 0 amide bonds. The summed E-state index contributed by atoms with van der Waals surface area (Å²) in [5.41, 5.74) is 2.22. The van der Waals surface area contributed by atoms with E-state index in [9.17, 15) is 4.79 Å². The highest BCUT2D eigenvalue weighted by Gasteiger charge is 2.40. The largest absolute Gasteiger partial charge is 0.476 e. The molecular formula is C18H23N7O2. The summed E-state index contributed by atoms with van der Waals surface area (Å²) in [6, 6.07) is 5.61. The average Bonchev–Trinajstić information content (AvgIpc) is 3.09. The first-order chi connectivity index (χ1) is 13.0. The number of nitrogens with zero attached hydrogens (tertiary/aromatic N) is 6. The quantitative estimate of drug-likeness (QED) is 0.669. The maximum Gasteiger partial charge on any atom is 0.290 e. The summed E-state index contributed by atoms with van der Waals surface area (Å²) in [5.74, 6) is 1.32. The molecule has 0 aliphatic heterocycles. The molecule has 0 bridgehead atoms. The minimum absolute atomic E-state index is 0.198. The zero-order chi connectivity index (χ0) is 19.0. The number of rotatable bonds is 7. The smallest absolute Gasteiger partial charge is 0.290 e. The van der Waals surface area contributed by atoms with Crippen molar-refractivity contribution in [3.63, 3.8) is 0 Å². The average molecular weight is 369 g/mol. The standard InChI is InChI=1S/C18H23N7O2/c1-23-6-4-13(20-23)10-19-16-9-17(22-25(3)18(16)26)27-11-12-8-14(12)15-5-7-24(2)21-15/h4-7,9,12,14,19H,8,10-11H2,1-3H3/t12-,14+/m1/s1. The third kappa shape index (κ3) is 3.86. The molecule has 1 N–H and O–H groups in total. The lowest BCUT2D eigenvalue weighted by Crippen LogP contribution is -2.24. The molecular weight excluding hydrogens is 346 g/mol.